The van der Waals surface area contributed by atoms with Crippen LogP contribution in [0.25, 0.3) is 0 Å². The SMILES string of the molecule is O=c1cccnn1CCN1CCCCC1CNc1ncccn1. The van der Waals surface area contributed by atoms with E-state index in [1.165, 1.54) is 17.5 Å². The highest BCUT2D eigenvalue weighted by Gasteiger charge is 2.22. The number of rotatable bonds is 6. The maximum Gasteiger partial charge on any atom is 0.266 e. The summed E-state index contributed by atoms with van der Waals surface area (Å²) in [4.78, 5) is 22.6. The molecule has 1 fully saturated rings. The molecular weight excluding hydrogens is 292 g/mol. The largest absolute Gasteiger partial charge is 0.353 e. The number of hydrogen-bond donors (Lipinski definition) is 1. The molecule has 0 aliphatic carbocycles. The highest BCUT2D eigenvalue weighted by atomic mass is 16.1. The normalized spacial score (nSPS) is 18.7. The van der Waals surface area contributed by atoms with E-state index in [1.54, 1.807) is 30.7 Å². The molecule has 3 rings (SSSR count). The monoisotopic (exact) mass is 314 g/mol. The molecule has 0 bridgehead atoms. The Labute approximate surface area is 135 Å². The molecule has 1 aliphatic rings. The van der Waals surface area contributed by atoms with E-state index in [1.807, 2.05) is 6.07 Å². The van der Waals surface area contributed by atoms with Crippen molar-refractivity contribution < 1.29 is 0 Å². The molecule has 0 saturated carbocycles. The number of aromatic nitrogens is 4. The van der Waals surface area contributed by atoms with Gasteiger partial charge in [0.15, 0.2) is 0 Å². The van der Waals surface area contributed by atoms with E-state index in [0.717, 1.165) is 26.1 Å². The van der Waals surface area contributed by atoms with Crippen molar-refractivity contribution in [2.45, 2.75) is 31.8 Å². The zero-order valence-corrected chi connectivity index (χ0v) is 13.1. The number of nitrogens with zero attached hydrogens (tertiary/aromatic N) is 5. The molecule has 7 heteroatoms. The van der Waals surface area contributed by atoms with Crippen molar-refractivity contribution in [3.8, 4) is 0 Å². The van der Waals surface area contributed by atoms with Gasteiger partial charge >= 0.3 is 0 Å². The van der Waals surface area contributed by atoms with Crippen LogP contribution in [0.5, 0.6) is 0 Å². The van der Waals surface area contributed by atoms with Crippen molar-refractivity contribution in [3.63, 3.8) is 0 Å². The number of anilines is 1. The third-order valence-electron chi connectivity index (χ3n) is 4.19. The summed E-state index contributed by atoms with van der Waals surface area (Å²) in [5.41, 5.74) is -0.0446. The number of likely N-dealkylation sites (tertiary alicyclic amines) is 1. The van der Waals surface area contributed by atoms with Crippen molar-refractivity contribution >= 4 is 5.95 Å². The van der Waals surface area contributed by atoms with Gasteiger partial charge in [0, 0.05) is 43.8 Å². The minimum Gasteiger partial charge on any atom is -0.353 e. The first-order valence-corrected chi connectivity index (χ1v) is 8.10. The Hall–Kier alpha value is -2.28. The number of nitrogens with one attached hydrogen (secondary N) is 1. The Balaban J connectivity index is 1.56. The highest BCUT2D eigenvalue weighted by molar-refractivity contribution is 5.22. The quantitative estimate of drug-likeness (QED) is 0.857. The fourth-order valence-corrected chi connectivity index (χ4v) is 2.96. The second kappa shape index (κ2) is 7.82. The summed E-state index contributed by atoms with van der Waals surface area (Å²) in [5, 5.41) is 7.43. The Kier molecular flexibility index (Phi) is 5.31. The molecule has 1 unspecified atom stereocenters. The molecule has 3 heterocycles. The van der Waals surface area contributed by atoms with Crippen LogP contribution in [0.15, 0.2) is 41.6 Å². The molecule has 0 radical (unpaired) electrons. The molecule has 1 atom stereocenters. The summed E-state index contributed by atoms with van der Waals surface area (Å²) >= 11 is 0. The van der Waals surface area contributed by atoms with Crippen LogP contribution in [-0.4, -0.2) is 50.3 Å². The molecule has 1 aliphatic heterocycles. The molecule has 0 aromatic carbocycles. The lowest BCUT2D eigenvalue weighted by Gasteiger charge is -2.35. The van der Waals surface area contributed by atoms with Crippen molar-refractivity contribution in [1.82, 2.24) is 24.6 Å². The zero-order valence-electron chi connectivity index (χ0n) is 13.1. The van der Waals surface area contributed by atoms with Gasteiger partial charge in [-0.1, -0.05) is 6.42 Å². The predicted octanol–water partition coefficient (Wildman–Crippen LogP) is 1.000. The number of piperidine rings is 1. The molecule has 2 aromatic heterocycles. The van der Waals surface area contributed by atoms with Gasteiger partial charge in [0.25, 0.3) is 5.56 Å². The summed E-state index contributed by atoms with van der Waals surface area (Å²) in [6.45, 7) is 3.33. The van der Waals surface area contributed by atoms with Gasteiger partial charge in [-0.05, 0) is 31.5 Å². The molecule has 1 N–H and O–H groups in total. The summed E-state index contributed by atoms with van der Waals surface area (Å²) in [7, 11) is 0. The van der Waals surface area contributed by atoms with Gasteiger partial charge in [-0.3, -0.25) is 9.69 Å². The van der Waals surface area contributed by atoms with Crippen LogP contribution in [0.1, 0.15) is 19.3 Å². The molecule has 1 saturated heterocycles. The lowest BCUT2D eigenvalue weighted by Crippen LogP contribution is -2.45. The Bertz CT molecular complexity index is 659. The standard InChI is InChI=1S/C16H22N6O/c23-15-6-3-9-20-22(15)12-11-21-10-2-1-5-14(21)13-19-16-17-7-4-8-18-16/h3-4,6-9,14H,1-2,5,10-13H2,(H,17,18,19). The summed E-state index contributed by atoms with van der Waals surface area (Å²) in [6.07, 6.45) is 8.72. The minimum atomic E-state index is -0.0446. The third kappa shape index (κ3) is 4.35. The van der Waals surface area contributed by atoms with Crippen LogP contribution in [0.4, 0.5) is 5.95 Å². The van der Waals surface area contributed by atoms with E-state index in [0.29, 0.717) is 18.5 Å². The van der Waals surface area contributed by atoms with E-state index in [2.05, 4.69) is 25.3 Å². The van der Waals surface area contributed by atoms with E-state index >= 15 is 0 Å². The van der Waals surface area contributed by atoms with Crippen LogP contribution in [0.3, 0.4) is 0 Å². The fraction of sp³-hybridized carbons (Fsp3) is 0.500. The molecule has 23 heavy (non-hydrogen) atoms. The average molecular weight is 314 g/mol. The van der Waals surface area contributed by atoms with Crippen LogP contribution in [0.2, 0.25) is 0 Å². The van der Waals surface area contributed by atoms with E-state index in [4.69, 9.17) is 0 Å². The second-order valence-electron chi connectivity index (χ2n) is 5.72. The van der Waals surface area contributed by atoms with Crippen LogP contribution >= 0.6 is 0 Å². The van der Waals surface area contributed by atoms with Gasteiger partial charge in [-0.25, -0.2) is 14.6 Å². The van der Waals surface area contributed by atoms with Crippen LogP contribution < -0.4 is 10.9 Å². The van der Waals surface area contributed by atoms with E-state index < -0.39 is 0 Å². The van der Waals surface area contributed by atoms with Gasteiger partial charge in [0.1, 0.15) is 0 Å². The first-order valence-electron chi connectivity index (χ1n) is 8.10. The highest BCUT2D eigenvalue weighted by Crippen LogP contribution is 2.17. The first-order chi connectivity index (χ1) is 11.3. The van der Waals surface area contributed by atoms with Gasteiger partial charge in [-0.2, -0.15) is 5.10 Å². The smallest absolute Gasteiger partial charge is 0.266 e. The van der Waals surface area contributed by atoms with Crippen LogP contribution in [0, 0.1) is 0 Å². The van der Waals surface area contributed by atoms with Gasteiger partial charge in [-0.15, -0.1) is 0 Å². The molecule has 122 valence electrons. The maximum atomic E-state index is 11.7. The van der Waals surface area contributed by atoms with Crippen molar-refractivity contribution in [1.29, 1.82) is 0 Å². The van der Waals surface area contributed by atoms with Gasteiger partial charge in [0.05, 0.1) is 6.54 Å². The predicted molar refractivity (Wildman–Crippen MR) is 88.2 cm³/mol. The minimum absolute atomic E-state index is 0.0446. The maximum absolute atomic E-state index is 11.7. The first kappa shape index (κ1) is 15.6. The summed E-state index contributed by atoms with van der Waals surface area (Å²) in [6, 6.07) is 5.47. The molecule has 0 spiro atoms. The molecule has 7 nitrogen and oxygen atoms in total. The van der Waals surface area contributed by atoms with Crippen molar-refractivity contribution in [2.75, 3.05) is 25.0 Å². The Morgan fingerprint density at radius 2 is 2.00 bits per heavy atom. The second-order valence-corrected chi connectivity index (χ2v) is 5.72. The van der Waals surface area contributed by atoms with E-state index in [-0.39, 0.29) is 5.56 Å². The fourth-order valence-electron chi connectivity index (χ4n) is 2.96. The lowest BCUT2D eigenvalue weighted by molar-refractivity contribution is 0.148. The topological polar surface area (TPSA) is 75.9 Å². The van der Waals surface area contributed by atoms with Gasteiger partial charge in [0.2, 0.25) is 5.95 Å². The Morgan fingerprint density at radius 1 is 1.13 bits per heavy atom. The summed E-state index contributed by atoms with van der Waals surface area (Å²) in [5.74, 6) is 0.666. The Morgan fingerprint density at radius 3 is 2.83 bits per heavy atom. The molecule has 2 aromatic rings. The van der Waals surface area contributed by atoms with Crippen molar-refractivity contribution in [3.05, 3.63) is 47.1 Å². The molecule has 0 amide bonds. The third-order valence-corrected chi connectivity index (χ3v) is 4.19. The summed E-state index contributed by atoms with van der Waals surface area (Å²) < 4.78 is 1.53. The van der Waals surface area contributed by atoms with Gasteiger partial charge < -0.3 is 5.32 Å². The molecular formula is C16H22N6O. The number of hydrogen-bond acceptors (Lipinski definition) is 6. The zero-order chi connectivity index (χ0) is 15.9. The lowest BCUT2D eigenvalue weighted by atomic mass is 10.0. The van der Waals surface area contributed by atoms with Crippen molar-refractivity contribution in [2.24, 2.45) is 0 Å². The van der Waals surface area contributed by atoms with Crippen LogP contribution in [-0.2, 0) is 6.54 Å². The average Bonchev–Trinajstić information content (AvgIpc) is 2.61. The van der Waals surface area contributed by atoms with E-state index in [9.17, 15) is 4.79 Å².